The van der Waals surface area contributed by atoms with Gasteiger partial charge in [0.2, 0.25) is 5.91 Å². The van der Waals surface area contributed by atoms with Crippen molar-refractivity contribution in [2.75, 3.05) is 5.32 Å². The third kappa shape index (κ3) is 2.62. The first-order chi connectivity index (χ1) is 10.1. The predicted molar refractivity (Wildman–Crippen MR) is 77.5 cm³/mol. The Bertz CT molecular complexity index is 567. The highest BCUT2D eigenvalue weighted by molar-refractivity contribution is 6.33. The maximum absolute atomic E-state index is 13.8. The van der Waals surface area contributed by atoms with Crippen molar-refractivity contribution in [1.29, 1.82) is 0 Å². The smallest absolute Gasteiger partial charge is 0.252 e. The number of nitrogens with one attached hydrogen (secondary N) is 1. The van der Waals surface area contributed by atoms with E-state index >= 15 is 0 Å². The monoisotopic (exact) mass is 310 g/mol. The molecule has 1 aromatic carbocycles. The van der Waals surface area contributed by atoms with Gasteiger partial charge in [-0.2, -0.15) is 0 Å². The minimum Gasteiger partial charge on any atom is -0.370 e. The van der Waals surface area contributed by atoms with Crippen molar-refractivity contribution in [1.82, 2.24) is 4.90 Å². The molecule has 1 atom stereocenters. The fourth-order valence-electron chi connectivity index (χ4n) is 3.12. The molecule has 0 radical (unpaired) electrons. The number of carbonyl (C=O) groups is 2. The van der Waals surface area contributed by atoms with Crippen LogP contribution >= 0.6 is 11.6 Å². The molecule has 3 rings (SSSR count). The maximum Gasteiger partial charge on any atom is 0.252 e. The first kappa shape index (κ1) is 14.3. The number of imide groups is 1. The Morgan fingerprint density at radius 2 is 1.95 bits per heavy atom. The fraction of sp³-hybridized carbons (Fsp3) is 0.467. The summed E-state index contributed by atoms with van der Waals surface area (Å²) in [7, 11) is 0. The molecule has 1 N–H and O–H groups in total. The van der Waals surface area contributed by atoms with Crippen LogP contribution in [0.5, 0.6) is 0 Å². The molecule has 1 heterocycles. The van der Waals surface area contributed by atoms with E-state index in [1.807, 2.05) is 0 Å². The number of carbonyl (C=O) groups excluding carboxylic acids is 2. The van der Waals surface area contributed by atoms with E-state index in [0.29, 0.717) is 0 Å². The van der Waals surface area contributed by atoms with E-state index in [4.69, 9.17) is 11.6 Å². The quantitative estimate of drug-likeness (QED) is 0.873. The number of anilines is 1. The van der Waals surface area contributed by atoms with Gasteiger partial charge in [-0.1, -0.05) is 30.5 Å². The lowest BCUT2D eigenvalue weighted by molar-refractivity contribution is -0.141. The summed E-state index contributed by atoms with van der Waals surface area (Å²) in [5, 5.41) is 3.00. The molecule has 21 heavy (non-hydrogen) atoms. The molecule has 1 aliphatic carbocycles. The van der Waals surface area contributed by atoms with Gasteiger partial charge in [-0.3, -0.25) is 14.5 Å². The van der Waals surface area contributed by atoms with Gasteiger partial charge in [0.1, 0.15) is 11.9 Å². The van der Waals surface area contributed by atoms with Crippen LogP contribution in [0.2, 0.25) is 5.02 Å². The molecule has 2 fully saturated rings. The summed E-state index contributed by atoms with van der Waals surface area (Å²) in [6, 6.07) is 3.59. The van der Waals surface area contributed by atoms with Gasteiger partial charge >= 0.3 is 0 Å². The SMILES string of the molecule is O=C1CC(Nc2c(F)cccc2Cl)C(=O)N1C1CCCC1. The number of nitrogens with zero attached hydrogens (tertiary/aromatic N) is 1. The van der Waals surface area contributed by atoms with Gasteiger partial charge in [0.25, 0.3) is 5.91 Å². The maximum atomic E-state index is 13.8. The van der Waals surface area contributed by atoms with Gasteiger partial charge in [0.15, 0.2) is 0 Å². The topological polar surface area (TPSA) is 49.4 Å². The van der Waals surface area contributed by atoms with Crippen molar-refractivity contribution in [3.63, 3.8) is 0 Å². The summed E-state index contributed by atoms with van der Waals surface area (Å²) in [4.78, 5) is 25.8. The van der Waals surface area contributed by atoms with Crippen molar-refractivity contribution < 1.29 is 14.0 Å². The average molecular weight is 311 g/mol. The second-order valence-electron chi connectivity index (χ2n) is 5.54. The molecule has 1 saturated heterocycles. The van der Waals surface area contributed by atoms with Gasteiger partial charge in [0, 0.05) is 6.04 Å². The number of hydrogen-bond donors (Lipinski definition) is 1. The highest BCUT2D eigenvalue weighted by atomic mass is 35.5. The van der Waals surface area contributed by atoms with E-state index in [0.717, 1.165) is 25.7 Å². The van der Waals surface area contributed by atoms with E-state index in [-0.39, 0.29) is 35.0 Å². The molecule has 2 amide bonds. The Hall–Kier alpha value is -1.62. The Balaban J connectivity index is 1.78. The van der Waals surface area contributed by atoms with Crippen LogP contribution < -0.4 is 5.32 Å². The predicted octanol–water partition coefficient (Wildman–Crippen LogP) is 2.96. The molecule has 0 bridgehead atoms. The fourth-order valence-corrected chi connectivity index (χ4v) is 3.34. The number of likely N-dealkylation sites (tertiary alicyclic amines) is 1. The van der Waals surface area contributed by atoms with Crippen LogP contribution in [0.4, 0.5) is 10.1 Å². The standard InChI is InChI=1S/C15H16ClFN2O2/c16-10-6-3-7-11(17)14(10)18-12-8-13(20)19(15(12)21)9-4-1-2-5-9/h3,6-7,9,12,18H,1-2,4-5,8H2. The second kappa shape index (κ2) is 5.64. The number of para-hydroxylation sites is 1. The van der Waals surface area contributed by atoms with E-state index < -0.39 is 11.9 Å². The van der Waals surface area contributed by atoms with Crippen LogP contribution in [0.25, 0.3) is 0 Å². The lowest BCUT2D eigenvalue weighted by Gasteiger charge is -2.22. The van der Waals surface area contributed by atoms with E-state index in [1.54, 1.807) is 6.07 Å². The number of hydrogen-bond acceptors (Lipinski definition) is 3. The zero-order valence-electron chi connectivity index (χ0n) is 11.4. The van der Waals surface area contributed by atoms with Crippen LogP contribution in [-0.2, 0) is 9.59 Å². The minimum absolute atomic E-state index is 0.00731. The summed E-state index contributed by atoms with van der Waals surface area (Å²) in [6.45, 7) is 0. The van der Waals surface area contributed by atoms with Crippen LogP contribution in [-0.4, -0.2) is 28.8 Å². The van der Waals surface area contributed by atoms with Crippen molar-refractivity contribution in [3.05, 3.63) is 29.0 Å². The molecule has 4 nitrogen and oxygen atoms in total. The van der Waals surface area contributed by atoms with Gasteiger partial charge in [-0.25, -0.2) is 4.39 Å². The molecule has 1 aliphatic heterocycles. The summed E-state index contributed by atoms with van der Waals surface area (Å²) >= 11 is 5.94. The first-order valence-corrected chi connectivity index (χ1v) is 7.52. The molecule has 2 aliphatic rings. The number of halogens is 2. The minimum atomic E-state index is -0.729. The highest BCUT2D eigenvalue weighted by Crippen LogP contribution is 2.31. The van der Waals surface area contributed by atoms with Crippen LogP contribution in [0.15, 0.2) is 18.2 Å². The third-order valence-corrected chi connectivity index (χ3v) is 4.47. The Morgan fingerprint density at radius 1 is 1.24 bits per heavy atom. The number of amides is 2. The van der Waals surface area contributed by atoms with E-state index in [9.17, 15) is 14.0 Å². The Labute approximate surface area is 127 Å². The molecule has 0 spiro atoms. The van der Waals surface area contributed by atoms with Crippen molar-refractivity contribution >= 4 is 29.1 Å². The van der Waals surface area contributed by atoms with Crippen molar-refractivity contribution in [2.45, 2.75) is 44.2 Å². The van der Waals surface area contributed by atoms with Crippen LogP contribution in [0.3, 0.4) is 0 Å². The third-order valence-electron chi connectivity index (χ3n) is 4.15. The van der Waals surface area contributed by atoms with Gasteiger partial charge < -0.3 is 5.32 Å². The summed E-state index contributed by atoms with van der Waals surface area (Å²) in [5.74, 6) is -0.981. The largest absolute Gasteiger partial charge is 0.370 e. The van der Waals surface area contributed by atoms with E-state index in [2.05, 4.69) is 5.32 Å². The van der Waals surface area contributed by atoms with Crippen LogP contribution in [0.1, 0.15) is 32.1 Å². The average Bonchev–Trinajstić information content (AvgIpc) is 3.03. The number of benzene rings is 1. The Morgan fingerprint density at radius 3 is 2.62 bits per heavy atom. The molecular weight excluding hydrogens is 295 g/mol. The van der Waals surface area contributed by atoms with Gasteiger partial charge in [-0.05, 0) is 25.0 Å². The van der Waals surface area contributed by atoms with Crippen molar-refractivity contribution in [3.8, 4) is 0 Å². The lowest BCUT2D eigenvalue weighted by Crippen LogP contribution is -2.41. The van der Waals surface area contributed by atoms with E-state index in [1.165, 1.54) is 17.0 Å². The second-order valence-corrected chi connectivity index (χ2v) is 5.95. The van der Waals surface area contributed by atoms with Gasteiger partial charge in [0.05, 0.1) is 17.1 Å². The molecule has 0 aromatic heterocycles. The van der Waals surface area contributed by atoms with Gasteiger partial charge in [-0.15, -0.1) is 0 Å². The zero-order chi connectivity index (χ0) is 15.0. The first-order valence-electron chi connectivity index (χ1n) is 7.14. The normalized spacial score (nSPS) is 23.1. The zero-order valence-corrected chi connectivity index (χ0v) is 12.2. The van der Waals surface area contributed by atoms with Crippen LogP contribution in [0, 0.1) is 5.82 Å². The molecular formula is C15H16ClFN2O2. The highest BCUT2D eigenvalue weighted by Gasteiger charge is 2.43. The lowest BCUT2D eigenvalue weighted by atomic mass is 10.2. The molecule has 6 heteroatoms. The summed E-state index contributed by atoms with van der Waals surface area (Å²) in [5.41, 5.74) is 0.0820. The molecule has 1 aromatic rings. The molecule has 1 saturated carbocycles. The molecule has 112 valence electrons. The summed E-state index contributed by atoms with van der Waals surface area (Å²) in [6.07, 6.45) is 3.87. The Kier molecular flexibility index (Phi) is 3.85. The number of rotatable bonds is 3. The molecule has 1 unspecified atom stereocenters. The van der Waals surface area contributed by atoms with Crippen molar-refractivity contribution in [2.24, 2.45) is 0 Å². The summed E-state index contributed by atoms with van der Waals surface area (Å²) < 4.78 is 13.8.